The Morgan fingerprint density at radius 1 is 1.21 bits per heavy atom. The smallest absolute Gasteiger partial charge is 0.231 e. The molecule has 204 valence electrons. The molecule has 7 nitrogen and oxygen atoms in total. The minimum atomic E-state index is -1.09. The molecule has 1 fully saturated rings. The van der Waals surface area contributed by atoms with Crippen molar-refractivity contribution in [2.75, 3.05) is 18.9 Å². The minimum Gasteiger partial charge on any atom is -0.358 e. The van der Waals surface area contributed by atoms with Crippen molar-refractivity contribution in [3.63, 3.8) is 0 Å². The van der Waals surface area contributed by atoms with Crippen molar-refractivity contribution in [2.45, 2.75) is 52.6 Å². The highest BCUT2D eigenvalue weighted by molar-refractivity contribution is 6.05. The van der Waals surface area contributed by atoms with Gasteiger partial charge in [0.1, 0.15) is 12.0 Å². The number of anilines is 1. The lowest BCUT2D eigenvalue weighted by Crippen LogP contribution is -2.46. The topological polar surface area (TPSA) is 95.2 Å². The number of benzene rings is 1. The molecule has 39 heavy (non-hydrogen) atoms. The summed E-state index contributed by atoms with van der Waals surface area (Å²) in [6.07, 6.45) is 1.83. The number of H-pyrrole nitrogens is 1. The number of carbonyl (C=O) groups excluding carboxylic acids is 3. The lowest BCUT2D eigenvalue weighted by molar-refractivity contribution is -0.140. The van der Waals surface area contributed by atoms with Crippen LogP contribution in [0.2, 0.25) is 0 Å². The van der Waals surface area contributed by atoms with E-state index in [-0.39, 0.29) is 30.4 Å². The number of pyridine rings is 1. The number of fused-ring (bicyclic) bond motifs is 1. The summed E-state index contributed by atoms with van der Waals surface area (Å²) < 4.78 is 13.4. The first-order valence-electron chi connectivity index (χ1n) is 13.5. The van der Waals surface area contributed by atoms with Crippen molar-refractivity contribution in [3.8, 4) is 11.3 Å². The van der Waals surface area contributed by atoms with E-state index in [2.05, 4.69) is 29.1 Å². The summed E-state index contributed by atoms with van der Waals surface area (Å²) in [6.45, 7) is 6.63. The number of alkyl halides is 1. The number of aromatic amines is 1. The van der Waals surface area contributed by atoms with Crippen molar-refractivity contribution in [2.24, 2.45) is 17.3 Å². The van der Waals surface area contributed by atoms with Gasteiger partial charge in [-0.15, -0.1) is 0 Å². The van der Waals surface area contributed by atoms with Gasteiger partial charge in [-0.3, -0.25) is 14.4 Å². The maximum atomic E-state index is 13.7. The Balaban J connectivity index is 1.53. The standard InChI is InChI=1S/C31H35FN4O3/c1-18(2)17-36(4)30(39)31(3)15-24-27(25(37)16-31)22(12-19-8-6-5-7-9-19)28(34-24)20-10-11-33-26(13-20)35-29(38)21-14-23(21)32/h5-11,13,18,21,23,34H,12,14-17H2,1-4H3,(H,33,35,38)/t21-,23+,31?/m1/s1. The first-order chi connectivity index (χ1) is 18.6. The van der Waals surface area contributed by atoms with Crippen molar-refractivity contribution in [1.29, 1.82) is 0 Å². The molecule has 2 heterocycles. The van der Waals surface area contributed by atoms with E-state index in [1.54, 1.807) is 24.2 Å². The van der Waals surface area contributed by atoms with E-state index < -0.39 is 17.5 Å². The normalized spacial score (nSPS) is 21.9. The molecule has 1 aromatic carbocycles. The fraction of sp³-hybridized carbons (Fsp3) is 0.419. The molecule has 1 saturated carbocycles. The highest BCUT2D eigenvalue weighted by Gasteiger charge is 2.45. The number of hydrogen-bond donors (Lipinski definition) is 2. The third kappa shape index (κ3) is 5.51. The SMILES string of the molecule is CC(C)CN(C)C(=O)C1(C)CC(=O)c2c([nH]c(-c3ccnc(NC(=O)[C@@H]4C[C@@H]4F)c3)c2Cc2ccccc2)C1. The Bertz CT molecular complexity index is 1420. The van der Waals surface area contributed by atoms with Gasteiger partial charge in [-0.1, -0.05) is 44.2 Å². The summed E-state index contributed by atoms with van der Waals surface area (Å²) >= 11 is 0. The number of rotatable bonds is 8. The zero-order chi connectivity index (χ0) is 27.9. The second-order valence-electron chi connectivity index (χ2n) is 11.7. The van der Waals surface area contributed by atoms with Crippen LogP contribution in [0.4, 0.5) is 10.2 Å². The summed E-state index contributed by atoms with van der Waals surface area (Å²) in [5.74, 6) is -0.429. The summed E-state index contributed by atoms with van der Waals surface area (Å²) in [5, 5.41) is 2.72. The van der Waals surface area contributed by atoms with Gasteiger partial charge in [0, 0.05) is 55.9 Å². The monoisotopic (exact) mass is 530 g/mol. The zero-order valence-electron chi connectivity index (χ0n) is 22.9. The number of nitrogens with zero attached hydrogens (tertiary/aromatic N) is 2. The van der Waals surface area contributed by atoms with E-state index in [1.165, 1.54) is 0 Å². The van der Waals surface area contributed by atoms with E-state index in [0.29, 0.717) is 36.7 Å². The average molecular weight is 531 g/mol. The fourth-order valence-corrected chi connectivity index (χ4v) is 5.73. The van der Waals surface area contributed by atoms with Gasteiger partial charge in [-0.2, -0.15) is 0 Å². The van der Waals surface area contributed by atoms with Gasteiger partial charge in [-0.25, -0.2) is 9.37 Å². The number of amides is 2. The van der Waals surface area contributed by atoms with Crippen LogP contribution in [0.15, 0.2) is 48.7 Å². The van der Waals surface area contributed by atoms with Crippen molar-refractivity contribution >= 4 is 23.4 Å². The molecule has 0 spiro atoms. The highest BCUT2D eigenvalue weighted by atomic mass is 19.1. The molecule has 8 heteroatoms. The fourth-order valence-electron chi connectivity index (χ4n) is 5.73. The third-order valence-corrected chi connectivity index (χ3v) is 7.65. The van der Waals surface area contributed by atoms with Gasteiger partial charge >= 0.3 is 0 Å². The van der Waals surface area contributed by atoms with E-state index >= 15 is 0 Å². The Morgan fingerprint density at radius 2 is 1.92 bits per heavy atom. The van der Waals surface area contributed by atoms with Crippen molar-refractivity contribution in [3.05, 3.63) is 71.0 Å². The number of carbonyl (C=O) groups is 3. The summed E-state index contributed by atoms with van der Waals surface area (Å²) in [6, 6.07) is 13.5. The molecule has 2 aliphatic rings. The molecule has 3 atom stereocenters. The van der Waals surface area contributed by atoms with Crippen LogP contribution in [-0.4, -0.2) is 52.2 Å². The molecule has 0 aliphatic heterocycles. The van der Waals surface area contributed by atoms with Crippen LogP contribution in [0, 0.1) is 17.3 Å². The summed E-state index contributed by atoms with van der Waals surface area (Å²) in [5.41, 5.74) is 3.99. The van der Waals surface area contributed by atoms with Gasteiger partial charge in [0.15, 0.2) is 5.78 Å². The lowest BCUT2D eigenvalue weighted by atomic mass is 9.72. The first kappa shape index (κ1) is 26.8. The molecule has 0 saturated heterocycles. The minimum absolute atomic E-state index is 0.0314. The van der Waals surface area contributed by atoms with Crippen molar-refractivity contribution < 1.29 is 18.8 Å². The van der Waals surface area contributed by atoms with Gasteiger partial charge in [0.05, 0.1) is 17.0 Å². The average Bonchev–Trinajstić information content (AvgIpc) is 3.52. The number of aromatic nitrogens is 2. The predicted molar refractivity (Wildman–Crippen MR) is 148 cm³/mol. The molecular weight excluding hydrogens is 495 g/mol. The number of ketones is 1. The van der Waals surface area contributed by atoms with Gasteiger partial charge in [0.2, 0.25) is 11.8 Å². The maximum Gasteiger partial charge on any atom is 0.231 e. The second-order valence-corrected chi connectivity index (χ2v) is 11.7. The van der Waals surface area contributed by atoms with Crippen LogP contribution in [0.1, 0.15) is 60.8 Å². The van der Waals surface area contributed by atoms with Gasteiger partial charge in [0.25, 0.3) is 0 Å². The molecule has 2 N–H and O–H groups in total. The highest BCUT2D eigenvalue weighted by Crippen LogP contribution is 2.42. The third-order valence-electron chi connectivity index (χ3n) is 7.65. The number of nitrogens with one attached hydrogen (secondary N) is 2. The van der Waals surface area contributed by atoms with Gasteiger partial charge in [-0.05, 0) is 42.5 Å². The zero-order valence-corrected chi connectivity index (χ0v) is 22.9. The largest absolute Gasteiger partial charge is 0.358 e. The number of hydrogen-bond acceptors (Lipinski definition) is 4. The molecule has 5 rings (SSSR count). The Kier molecular flexibility index (Phi) is 7.14. The molecule has 2 amide bonds. The van der Waals surface area contributed by atoms with Crippen LogP contribution >= 0.6 is 0 Å². The van der Waals surface area contributed by atoms with E-state index in [1.807, 2.05) is 43.3 Å². The van der Waals surface area contributed by atoms with E-state index in [9.17, 15) is 18.8 Å². The number of Topliss-reactive ketones (excluding diaryl/α,β-unsaturated/α-hetero) is 1. The Morgan fingerprint density at radius 3 is 2.59 bits per heavy atom. The summed E-state index contributed by atoms with van der Waals surface area (Å²) in [4.78, 5) is 49.0. The van der Waals surface area contributed by atoms with E-state index in [4.69, 9.17) is 0 Å². The molecule has 0 radical (unpaired) electrons. The molecule has 3 aromatic rings. The quantitative estimate of drug-likeness (QED) is 0.418. The molecular formula is C31H35FN4O3. The Labute approximate surface area is 228 Å². The van der Waals surface area contributed by atoms with Gasteiger partial charge < -0.3 is 15.2 Å². The molecule has 2 aliphatic carbocycles. The molecule has 2 aromatic heterocycles. The Hall–Kier alpha value is -3.81. The van der Waals surface area contributed by atoms with Crippen LogP contribution in [0.5, 0.6) is 0 Å². The summed E-state index contributed by atoms with van der Waals surface area (Å²) in [7, 11) is 1.80. The van der Waals surface area contributed by atoms with Crippen LogP contribution < -0.4 is 5.32 Å². The predicted octanol–water partition coefficient (Wildman–Crippen LogP) is 5.21. The first-order valence-corrected chi connectivity index (χ1v) is 13.5. The maximum absolute atomic E-state index is 13.7. The molecule has 1 unspecified atom stereocenters. The van der Waals surface area contributed by atoms with Crippen LogP contribution in [-0.2, 0) is 22.4 Å². The van der Waals surface area contributed by atoms with Crippen molar-refractivity contribution in [1.82, 2.24) is 14.9 Å². The van der Waals surface area contributed by atoms with E-state index in [0.717, 1.165) is 28.1 Å². The molecule has 0 bridgehead atoms. The second kappa shape index (κ2) is 10.4. The number of halogens is 1. The lowest BCUT2D eigenvalue weighted by Gasteiger charge is -2.35. The van der Waals surface area contributed by atoms with Crippen LogP contribution in [0.25, 0.3) is 11.3 Å². The van der Waals surface area contributed by atoms with Crippen LogP contribution in [0.3, 0.4) is 0 Å².